The first kappa shape index (κ1) is 26.5. The molecule has 1 fully saturated rings. The fourth-order valence-corrected chi connectivity index (χ4v) is 4.51. The van der Waals surface area contributed by atoms with Crippen molar-refractivity contribution in [2.24, 2.45) is 11.3 Å². The zero-order valence-corrected chi connectivity index (χ0v) is 19.8. The number of carboxylic acid groups (broad SMARTS) is 2. The highest BCUT2D eigenvalue weighted by atomic mass is 35.5. The third-order valence-electron chi connectivity index (χ3n) is 6.37. The molecular weight excluding hydrogens is 446 g/mol. The zero-order valence-electron chi connectivity index (χ0n) is 19.0. The van der Waals surface area contributed by atoms with Gasteiger partial charge in [-0.2, -0.15) is 0 Å². The molecule has 0 bridgehead atoms. The predicted octanol–water partition coefficient (Wildman–Crippen LogP) is 4.13. The van der Waals surface area contributed by atoms with Gasteiger partial charge < -0.3 is 19.7 Å². The van der Waals surface area contributed by atoms with Crippen LogP contribution in [0.3, 0.4) is 0 Å². The van der Waals surface area contributed by atoms with Crippen LogP contribution in [0.1, 0.15) is 30.4 Å². The van der Waals surface area contributed by atoms with E-state index < -0.39 is 17.4 Å². The minimum absolute atomic E-state index is 0. The van der Waals surface area contributed by atoms with Crippen molar-refractivity contribution in [1.29, 1.82) is 0 Å². The highest BCUT2D eigenvalue weighted by molar-refractivity contribution is 5.98. The Morgan fingerprint density at radius 2 is 1.55 bits per heavy atom. The van der Waals surface area contributed by atoms with E-state index in [2.05, 4.69) is 17.0 Å². The van der Waals surface area contributed by atoms with Gasteiger partial charge >= 0.3 is 11.9 Å². The first-order valence-electron chi connectivity index (χ1n) is 10.8. The average molecular weight is 478 g/mol. The summed E-state index contributed by atoms with van der Waals surface area (Å²) < 4.78 is 10.5. The summed E-state index contributed by atoms with van der Waals surface area (Å²) in [6, 6.07) is 15.2. The van der Waals surface area contributed by atoms with Gasteiger partial charge in [0.05, 0.1) is 14.2 Å². The molecule has 0 aromatic heterocycles. The van der Waals surface area contributed by atoms with Gasteiger partial charge in [0.25, 0.3) is 0 Å². The summed E-state index contributed by atoms with van der Waals surface area (Å²) in [5.41, 5.74) is -0.0509. The average Bonchev–Trinajstić information content (AvgIpc) is 2.80. The van der Waals surface area contributed by atoms with Crippen LogP contribution < -0.4 is 9.47 Å². The molecule has 1 saturated heterocycles. The zero-order chi connectivity index (χ0) is 23.1. The van der Waals surface area contributed by atoms with E-state index in [0.717, 1.165) is 32.5 Å². The van der Waals surface area contributed by atoms with Crippen LogP contribution in [0.15, 0.2) is 48.5 Å². The van der Waals surface area contributed by atoms with Gasteiger partial charge in [-0.1, -0.05) is 36.4 Å². The third-order valence-corrected chi connectivity index (χ3v) is 6.37. The summed E-state index contributed by atoms with van der Waals surface area (Å²) in [5.74, 6) is -1.60. The molecule has 0 radical (unpaired) electrons. The Balaban J connectivity index is 0.00000385. The normalized spacial score (nSPS) is 14.8. The van der Waals surface area contributed by atoms with Gasteiger partial charge in [0.2, 0.25) is 0 Å². The van der Waals surface area contributed by atoms with Gasteiger partial charge in [-0.25, -0.2) is 0 Å². The molecule has 1 aliphatic heterocycles. The van der Waals surface area contributed by atoms with Crippen molar-refractivity contribution in [2.75, 3.05) is 27.3 Å². The Morgan fingerprint density at radius 3 is 2.09 bits per heavy atom. The quantitative estimate of drug-likeness (QED) is 0.497. The third kappa shape index (κ3) is 6.39. The minimum atomic E-state index is -1.88. The van der Waals surface area contributed by atoms with E-state index in [1.807, 2.05) is 18.2 Å². The number of benzene rings is 2. The maximum atomic E-state index is 12.3. The van der Waals surface area contributed by atoms with Gasteiger partial charge in [-0.15, -0.1) is 12.4 Å². The molecule has 1 aliphatic rings. The molecule has 2 aromatic rings. The van der Waals surface area contributed by atoms with E-state index in [9.17, 15) is 19.8 Å². The second-order valence-electron chi connectivity index (χ2n) is 8.47. The van der Waals surface area contributed by atoms with Gasteiger partial charge in [-0.05, 0) is 68.0 Å². The Morgan fingerprint density at radius 1 is 0.939 bits per heavy atom. The number of nitrogens with zero attached hydrogens (tertiary/aromatic N) is 1. The maximum absolute atomic E-state index is 12.3. The number of hydrogen-bond donors (Lipinski definition) is 2. The number of carboxylic acids is 2. The molecule has 2 N–H and O–H groups in total. The van der Waals surface area contributed by atoms with Crippen LogP contribution in [0.5, 0.6) is 11.5 Å². The van der Waals surface area contributed by atoms with Crippen molar-refractivity contribution < 1.29 is 29.3 Å². The SMILES string of the molecule is COc1ccc(CC(CC2CCN(Cc3ccccc3)CC2)(C(=O)O)C(=O)O)cc1OC.Cl. The van der Waals surface area contributed by atoms with Crippen LogP contribution in [0.25, 0.3) is 0 Å². The largest absolute Gasteiger partial charge is 0.493 e. The molecule has 33 heavy (non-hydrogen) atoms. The topological polar surface area (TPSA) is 96.3 Å². The van der Waals surface area contributed by atoms with E-state index in [1.165, 1.54) is 19.8 Å². The number of likely N-dealkylation sites (tertiary alicyclic amines) is 1. The fourth-order valence-electron chi connectivity index (χ4n) is 4.51. The number of hydrogen-bond acceptors (Lipinski definition) is 5. The Hall–Kier alpha value is -2.77. The molecule has 0 aliphatic carbocycles. The second-order valence-corrected chi connectivity index (χ2v) is 8.47. The molecule has 3 rings (SSSR count). The Labute approximate surface area is 200 Å². The molecule has 7 nitrogen and oxygen atoms in total. The predicted molar refractivity (Wildman–Crippen MR) is 127 cm³/mol. The molecular formula is C25H32ClNO6. The molecule has 8 heteroatoms. The smallest absolute Gasteiger partial charge is 0.321 e. The van der Waals surface area contributed by atoms with E-state index in [4.69, 9.17) is 9.47 Å². The van der Waals surface area contributed by atoms with Gasteiger partial charge in [-0.3, -0.25) is 14.5 Å². The van der Waals surface area contributed by atoms with Crippen LogP contribution >= 0.6 is 12.4 Å². The summed E-state index contributed by atoms with van der Waals surface area (Å²) in [5, 5.41) is 20.0. The van der Waals surface area contributed by atoms with Gasteiger partial charge in [0.1, 0.15) is 0 Å². The number of methoxy groups -OCH3 is 2. The van der Waals surface area contributed by atoms with Crippen molar-refractivity contribution in [3.8, 4) is 11.5 Å². The first-order valence-corrected chi connectivity index (χ1v) is 10.8. The summed E-state index contributed by atoms with van der Waals surface area (Å²) in [7, 11) is 3.01. The monoisotopic (exact) mass is 477 g/mol. The van der Waals surface area contributed by atoms with Crippen molar-refractivity contribution in [1.82, 2.24) is 4.90 Å². The van der Waals surface area contributed by atoms with Crippen LogP contribution in [0, 0.1) is 11.3 Å². The van der Waals surface area contributed by atoms with Crippen molar-refractivity contribution in [3.63, 3.8) is 0 Å². The molecule has 0 unspecified atom stereocenters. The van der Waals surface area contributed by atoms with Gasteiger partial charge in [0.15, 0.2) is 16.9 Å². The lowest BCUT2D eigenvalue weighted by molar-refractivity contribution is -0.166. The number of halogens is 1. The van der Waals surface area contributed by atoms with Crippen LogP contribution in [0.2, 0.25) is 0 Å². The molecule has 0 saturated carbocycles. The number of ether oxygens (including phenoxy) is 2. The highest BCUT2D eigenvalue weighted by Crippen LogP contribution is 2.38. The molecule has 0 amide bonds. The number of rotatable bonds is 10. The summed E-state index contributed by atoms with van der Waals surface area (Å²) in [4.78, 5) is 26.9. The Bertz CT molecular complexity index is 914. The number of piperidine rings is 1. The lowest BCUT2D eigenvalue weighted by atomic mass is 9.72. The van der Waals surface area contributed by atoms with E-state index in [-0.39, 0.29) is 31.2 Å². The lowest BCUT2D eigenvalue weighted by Gasteiger charge is -2.36. The van der Waals surface area contributed by atoms with Gasteiger partial charge in [0, 0.05) is 6.54 Å². The van der Waals surface area contributed by atoms with Crippen molar-refractivity contribution >= 4 is 24.3 Å². The van der Waals surface area contributed by atoms with Crippen molar-refractivity contribution in [3.05, 3.63) is 59.7 Å². The number of carbonyl (C=O) groups is 2. The van der Waals surface area contributed by atoms with Crippen LogP contribution in [0.4, 0.5) is 0 Å². The highest BCUT2D eigenvalue weighted by Gasteiger charge is 2.48. The number of aliphatic carboxylic acids is 2. The van der Waals surface area contributed by atoms with Crippen LogP contribution in [-0.4, -0.2) is 54.4 Å². The fraction of sp³-hybridized carbons (Fsp3) is 0.440. The summed E-state index contributed by atoms with van der Waals surface area (Å²) >= 11 is 0. The first-order chi connectivity index (χ1) is 15.4. The molecule has 0 atom stereocenters. The molecule has 2 aromatic carbocycles. The van der Waals surface area contributed by atoms with E-state index in [0.29, 0.717) is 17.1 Å². The van der Waals surface area contributed by atoms with E-state index >= 15 is 0 Å². The molecule has 0 spiro atoms. The van der Waals surface area contributed by atoms with E-state index in [1.54, 1.807) is 18.2 Å². The summed E-state index contributed by atoms with van der Waals surface area (Å²) in [6.07, 6.45) is 1.55. The Kier molecular flexibility index (Phi) is 9.56. The second kappa shape index (κ2) is 11.9. The van der Waals surface area contributed by atoms with Crippen molar-refractivity contribution in [2.45, 2.75) is 32.2 Å². The molecule has 180 valence electrons. The standard InChI is InChI=1S/C25H31NO6.ClH/c1-31-21-9-8-20(14-22(21)32-2)16-25(23(27)28,24(29)30)15-18-10-12-26(13-11-18)17-19-6-4-3-5-7-19;/h3-9,14,18H,10-13,15-17H2,1-2H3,(H,27,28)(H,29,30);1H. The molecule has 1 heterocycles. The summed E-state index contributed by atoms with van der Waals surface area (Å²) in [6.45, 7) is 2.50. The maximum Gasteiger partial charge on any atom is 0.321 e. The van der Waals surface area contributed by atoms with Crippen LogP contribution in [-0.2, 0) is 22.6 Å². The minimum Gasteiger partial charge on any atom is -0.493 e. The lowest BCUT2D eigenvalue weighted by Crippen LogP contribution is -2.45.